The van der Waals surface area contributed by atoms with Gasteiger partial charge in [0.2, 0.25) is 5.91 Å². The Morgan fingerprint density at radius 1 is 1.33 bits per heavy atom. The molecule has 96 valence electrons. The normalized spacial score (nSPS) is 16.1. The van der Waals surface area contributed by atoms with Gasteiger partial charge < -0.3 is 10.4 Å². The molecule has 4 nitrogen and oxygen atoms in total. The van der Waals surface area contributed by atoms with Crippen LogP contribution in [0.1, 0.15) is 36.4 Å². The van der Waals surface area contributed by atoms with E-state index in [0.717, 1.165) is 24.0 Å². The smallest absolute Gasteiger partial charge is 0.305 e. The second-order valence-electron chi connectivity index (χ2n) is 4.84. The van der Waals surface area contributed by atoms with Crippen LogP contribution >= 0.6 is 0 Å². The Morgan fingerprint density at radius 3 is 2.44 bits per heavy atom. The lowest BCUT2D eigenvalue weighted by molar-refractivity contribution is -0.137. The topological polar surface area (TPSA) is 66.4 Å². The van der Waals surface area contributed by atoms with Crippen LogP contribution in [0.4, 0.5) is 0 Å². The number of aliphatic carboxylic acids is 1. The summed E-state index contributed by atoms with van der Waals surface area (Å²) in [4.78, 5) is 22.6. The van der Waals surface area contributed by atoms with Crippen molar-refractivity contribution >= 4 is 11.9 Å². The summed E-state index contributed by atoms with van der Waals surface area (Å²) in [5.41, 5.74) is 1.96. The minimum Gasteiger partial charge on any atom is -0.481 e. The number of carboxylic acids is 1. The fourth-order valence-corrected chi connectivity index (χ4v) is 1.86. The van der Waals surface area contributed by atoms with Gasteiger partial charge in [-0.3, -0.25) is 9.59 Å². The van der Waals surface area contributed by atoms with Crippen molar-refractivity contribution in [2.75, 3.05) is 0 Å². The second-order valence-corrected chi connectivity index (χ2v) is 4.84. The fraction of sp³-hybridized carbons (Fsp3) is 0.429. The van der Waals surface area contributed by atoms with Gasteiger partial charge in [0.1, 0.15) is 0 Å². The molecule has 1 atom stereocenters. The molecule has 2 N–H and O–H groups in total. The molecule has 1 aliphatic rings. The van der Waals surface area contributed by atoms with Gasteiger partial charge in [0.25, 0.3) is 0 Å². The first kappa shape index (κ1) is 12.6. The standard InChI is InChI=1S/C14H17NO3/c1-9-2-4-10(5-3-9)12(8-13(16)17)15-14(18)11-6-7-11/h2-5,11-12H,6-8H2,1H3,(H,15,18)(H,16,17)/t12-/m0/s1. The summed E-state index contributed by atoms with van der Waals surface area (Å²) in [6, 6.07) is 7.16. The highest BCUT2D eigenvalue weighted by Crippen LogP contribution is 2.30. The maximum atomic E-state index is 11.7. The summed E-state index contributed by atoms with van der Waals surface area (Å²) in [6.07, 6.45) is 1.75. The Morgan fingerprint density at radius 2 is 1.94 bits per heavy atom. The second kappa shape index (κ2) is 5.21. The predicted molar refractivity (Wildman–Crippen MR) is 67.0 cm³/mol. The number of carboxylic acid groups (broad SMARTS) is 1. The number of nitrogens with one attached hydrogen (secondary N) is 1. The molecule has 1 saturated carbocycles. The first-order valence-electron chi connectivity index (χ1n) is 6.15. The number of benzene rings is 1. The molecule has 0 heterocycles. The summed E-state index contributed by atoms with van der Waals surface area (Å²) in [7, 11) is 0. The Kier molecular flexibility index (Phi) is 3.65. The van der Waals surface area contributed by atoms with Crippen LogP contribution in [0.3, 0.4) is 0 Å². The zero-order valence-corrected chi connectivity index (χ0v) is 10.3. The monoisotopic (exact) mass is 247 g/mol. The molecule has 1 fully saturated rings. The molecular formula is C14H17NO3. The van der Waals surface area contributed by atoms with Gasteiger partial charge in [-0.1, -0.05) is 29.8 Å². The summed E-state index contributed by atoms with van der Waals surface area (Å²) < 4.78 is 0. The van der Waals surface area contributed by atoms with Crippen LogP contribution in [-0.4, -0.2) is 17.0 Å². The first-order chi connectivity index (χ1) is 8.56. The van der Waals surface area contributed by atoms with Gasteiger partial charge in [-0.15, -0.1) is 0 Å². The quantitative estimate of drug-likeness (QED) is 0.836. The third-order valence-electron chi connectivity index (χ3n) is 3.12. The number of carbonyl (C=O) groups is 2. The molecule has 0 saturated heterocycles. The maximum Gasteiger partial charge on any atom is 0.305 e. The van der Waals surface area contributed by atoms with Crippen molar-refractivity contribution in [1.29, 1.82) is 0 Å². The van der Waals surface area contributed by atoms with Gasteiger partial charge in [-0.2, -0.15) is 0 Å². The number of aryl methyl sites for hydroxylation is 1. The molecule has 0 aliphatic heterocycles. The molecule has 0 spiro atoms. The van der Waals surface area contributed by atoms with E-state index in [-0.39, 0.29) is 18.2 Å². The third kappa shape index (κ3) is 3.32. The maximum absolute atomic E-state index is 11.7. The van der Waals surface area contributed by atoms with Gasteiger partial charge in [0, 0.05) is 5.92 Å². The molecule has 0 unspecified atom stereocenters. The Balaban J connectivity index is 2.10. The SMILES string of the molecule is Cc1ccc([C@H](CC(=O)O)NC(=O)C2CC2)cc1. The van der Waals surface area contributed by atoms with Crippen LogP contribution in [0.2, 0.25) is 0 Å². The van der Waals surface area contributed by atoms with Gasteiger partial charge in [0.15, 0.2) is 0 Å². The molecular weight excluding hydrogens is 230 g/mol. The van der Waals surface area contributed by atoms with Gasteiger partial charge in [-0.05, 0) is 25.3 Å². The number of hydrogen-bond acceptors (Lipinski definition) is 2. The molecule has 0 radical (unpaired) electrons. The molecule has 0 bridgehead atoms. The van der Waals surface area contributed by atoms with E-state index in [4.69, 9.17) is 5.11 Å². The van der Waals surface area contributed by atoms with E-state index in [2.05, 4.69) is 5.32 Å². The number of carbonyl (C=O) groups excluding carboxylic acids is 1. The van der Waals surface area contributed by atoms with Crippen molar-refractivity contribution in [3.63, 3.8) is 0 Å². The van der Waals surface area contributed by atoms with Crippen molar-refractivity contribution in [2.24, 2.45) is 5.92 Å². The highest BCUT2D eigenvalue weighted by atomic mass is 16.4. The fourth-order valence-electron chi connectivity index (χ4n) is 1.86. The van der Waals surface area contributed by atoms with Crippen molar-refractivity contribution in [1.82, 2.24) is 5.32 Å². The van der Waals surface area contributed by atoms with Gasteiger partial charge in [-0.25, -0.2) is 0 Å². The lowest BCUT2D eigenvalue weighted by Gasteiger charge is -2.17. The minimum atomic E-state index is -0.906. The number of rotatable bonds is 5. The third-order valence-corrected chi connectivity index (χ3v) is 3.12. The van der Waals surface area contributed by atoms with Crippen LogP contribution in [0.5, 0.6) is 0 Å². The van der Waals surface area contributed by atoms with Crippen LogP contribution in [-0.2, 0) is 9.59 Å². The average Bonchev–Trinajstić information content (AvgIpc) is 3.12. The van der Waals surface area contributed by atoms with Crippen LogP contribution < -0.4 is 5.32 Å². The van der Waals surface area contributed by atoms with E-state index in [1.165, 1.54) is 0 Å². The van der Waals surface area contributed by atoms with E-state index in [1.807, 2.05) is 31.2 Å². The molecule has 1 aromatic rings. The average molecular weight is 247 g/mol. The van der Waals surface area contributed by atoms with Crippen molar-refractivity contribution in [3.05, 3.63) is 35.4 Å². The largest absolute Gasteiger partial charge is 0.481 e. The van der Waals surface area contributed by atoms with E-state index in [1.54, 1.807) is 0 Å². The van der Waals surface area contributed by atoms with Crippen molar-refractivity contribution in [2.45, 2.75) is 32.2 Å². The first-order valence-corrected chi connectivity index (χ1v) is 6.15. The van der Waals surface area contributed by atoms with Crippen LogP contribution in [0.25, 0.3) is 0 Å². The Labute approximate surface area is 106 Å². The number of amides is 1. The van der Waals surface area contributed by atoms with Crippen LogP contribution in [0.15, 0.2) is 24.3 Å². The van der Waals surface area contributed by atoms with Crippen molar-refractivity contribution in [3.8, 4) is 0 Å². The van der Waals surface area contributed by atoms with E-state index >= 15 is 0 Å². The Bertz CT molecular complexity index is 449. The molecule has 4 heteroatoms. The van der Waals surface area contributed by atoms with Gasteiger partial charge in [0.05, 0.1) is 12.5 Å². The number of hydrogen-bond donors (Lipinski definition) is 2. The summed E-state index contributed by atoms with van der Waals surface area (Å²) in [5.74, 6) is -0.842. The Hall–Kier alpha value is -1.84. The van der Waals surface area contributed by atoms with E-state index in [0.29, 0.717) is 0 Å². The molecule has 2 rings (SSSR count). The minimum absolute atomic E-state index is 0.0261. The van der Waals surface area contributed by atoms with Crippen LogP contribution in [0, 0.1) is 12.8 Å². The highest BCUT2D eigenvalue weighted by Gasteiger charge is 2.31. The lowest BCUT2D eigenvalue weighted by atomic mass is 10.0. The van der Waals surface area contributed by atoms with Gasteiger partial charge >= 0.3 is 5.97 Å². The molecule has 0 aromatic heterocycles. The highest BCUT2D eigenvalue weighted by molar-refractivity contribution is 5.82. The summed E-state index contributed by atoms with van der Waals surface area (Å²) in [5, 5.41) is 11.7. The van der Waals surface area contributed by atoms with E-state index < -0.39 is 12.0 Å². The molecule has 18 heavy (non-hydrogen) atoms. The van der Waals surface area contributed by atoms with Crippen molar-refractivity contribution < 1.29 is 14.7 Å². The predicted octanol–water partition coefficient (Wildman–Crippen LogP) is 2.04. The molecule has 1 amide bonds. The van der Waals surface area contributed by atoms with E-state index in [9.17, 15) is 9.59 Å². The summed E-state index contributed by atoms with van der Waals surface area (Å²) >= 11 is 0. The zero-order valence-electron chi connectivity index (χ0n) is 10.3. The lowest BCUT2D eigenvalue weighted by Crippen LogP contribution is -2.31. The summed E-state index contributed by atoms with van der Waals surface area (Å²) in [6.45, 7) is 1.97. The molecule has 1 aromatic carbocycles. The molecule has 1 aliphatic carbocycles. The zero-order chi connectivity index (χ0) is 13.1.